The topological polar surface area (TPSA) is 24.9 Å². The van der Waals surface area contributed by atoms with Gasteiger partial charge < -0.3 is 5.32 Å². The maximum Gasteiger partial charge on any atom is 0.113 e. The van der Waals surface area contributed by atoms with E-state index >= 15 is 0 Å². The summed E-state index contributed by atoms with van der Waals surface area (Å²) >= 11 is 1.86. The number of hydrogen-bond donors (Lipinski definition) is 1. The molecule has 1 N–H and O–H groups in total. The molecule has 20 heavy (non-hydrogen) atoms. The van der Waals surface area contributed by atoms with Crippen LogP contribution in [0.3, 0.4) is 0 Å². The minimum atomic E-state index is 0.183. The van der Waals surface area contributed by atoms with Crippen LogP contribution in [0, 0.1) is 12.3 Å². The summed E-state index contributed by atoms with van der Waals surface area (Å²) in [5, 5.41) is 7.43. The van der Waals surface area contributed by atoms with Crippen LogP contribution in [0.25, 0.3) is 0 Å². The summed E-state index contributed by atoms with van der Waals surface area (Å²) in [6.45, 7) is 5.50. The van der Waals surface area contributed by atoms with Gasteiger partial charge in [0.1, 0.15) is 5.01 Å². The van der Waals surface area contributed by atoms with Crippen molar-refractivity contribution in [2.24, 2.45) is 5.41 Å². The third-order valence-electron chi connectivity index (χ3n) is 5.57. The summed E-state index contributed by atoms with van der Waals surface area (Å²) in [6.07, 6.45) is 12.5. The van der Waals surface area contributed by atoms with Crippen molar-refractivity contribution in [3.05, 3.63) is 16.1 Å². The van der Waals surface area contributed by atoms with Crippen LogP contribution < -0.4 is 5.32 Å². The lowest BCUT2D eigenvalue weighted by Crippen LogP contribution is -2.47. The van der Waals surface area contributed by atoms with Crippen molar-refractivity contribution in [3.8, 4) is 0 Å². The first-order valence-electron chi connectivity index (χ1n) is 8.36. The van der Waals surface area contributed by atoms with Crippen molar-refractivity contribution in [2.45, 2.75) is 77.2 Å². The minimum Gasteiger partial charge on any atom is -0.305 e. The lowest BCUT2D eigenvalue weighted by atomic mass is 9.66. The maximum atomic E-state index is 4.83. The Kier molecular flexibility index (Phi) is 4.19. The van der Waals surface area contributed by atoms with E-state index in [0.29, 0.717) is 5.41 Å². The molecule has 0 bridgehead atoms. The first kappa shape index (κ1) is 14.5. The maximum absolute atomic E-state index is 4.83. The minimum absolute atomic E-state index is 0.183. The first-order valence-corrected chi connectivity index (χ1v) is 9.24. The SMILES string of the molecule is CCCNC1(c2nc(C)cs2)CCC2(CCCC2)CC1. The number of hydrogen-bond acceptors (Lipinski definition) is 3. The molecule has 3 heteroatoms. The normalized spacial score (nSPS) is 24.3. The quantitative estimate of drug-likeness (QED) is 0.863. The zero-order valence-corrected chi connectivity index (χ0v) is 13.8. The largest absolute Gasteiger partial charge is 0.305 e. The van der Waals surface area contributed by atoms with Gasteiger partial charge in [0.15, 0.2) is 0 Å². The summed E-state index contributed by atoms with van der Waals surface area (Å²) in [6, 6.07) is 0. The van der Waals surface area contributed by atoms with Crippen molar-refractivity contribution in [3.63, 3.8) is 0 Å². The summed E-state index contributed by atoms with van der Waals surface area (Å²) in [4.78, 5) is 4.83. The predicted molar refractivity (Wildman–Crippen MR) is 86.2 cm³/mol. The van der Waals surface area contributed by atoms with E-state index in [-0.39, 0.29) is 5.54 Å². The lowest BCUT2D eigenvalue weighted by Gasteiger charge is -2.44. The molecule has 1 heterocycles. The molecule has 0 amide bonds. The van der Waals surface area contributed by atoms with Gasteiger partial charge in [-0.2, -0.15) is 0 Å². The summed E-state index contributed by atoms with van der Waals surface area (Å²) in [5.41, 5.74) is 2.07. The highest BCUT2D eigenvalue weighted by molar-refractivity contribution is 7.09. The molecule has 1 aromatic rings. The molecule has 0 aromatic carbocycles. The molecule has 0 atom stereocenters. The van der Waals surface area contributed by atoms with Crippen LogP contribution in [-0.2, 0) is 5.54 Å². The van der Waals surface area contributed by atoms with Crippen molar-refractivity contribution < 1.29 is 0 Å². The number of aromatic nitrogens is 1. The average molecular weight is 292 g/mol. The van der Waals surface area contributed by atoms with Gasteiger partial charge in [-0.05, 0) is 63.8 Å². The fraction of sp³-hybridized carbons (Fsp3) is 0.824. The highest BCUT2D eigenvalue weighted by atomic mass is 32.1. The molecule has 0 radical (unpaired) electrons. The number of nitrogens with one attached hydrogen (secondary N) is 1. The van der Waals surface area contributed by atoms with Crippen molar-refractivity contribution in [2.75, 3.05) is 6.54 Å². The van der Waals surface area contributed by atoms with Gasteiger partial charge in [0.25, 0.3) is 0 Å². The van der Waals surface area contributed by atoms with E-state index in [1.807, 2.05) is 11.3 Å². The van der Waals surface area contributed by atoms with Gasteiger partial charge in [-0.15, -0.1) is 11.3 Å². The fourth-order valence-corrected chi connectivity index (χ4v) is 5.27. The van der Waals surface area contributed by atoms with E-state index in [1.54, 1.807) is 0 Å². The third kappa shape index (κ3) is 2.67. The van der Waals surface area contributed by atoms with Crippen molar-refractivity contribution >= 4 is 11.3 Å². The van der Waals surface area contributed by atoms with Gasteiger partial charge in [0.05, 0.1) is 5.54 Å². The molecule has 1 spiro atoms. The molecule has 2 saturated carbocycles. The monoisotopic (exact) mass is 292 g/mol. The standard InChI is InChI=1S/C17H28N2S/c1-3-12-18-17(15-19-14(2)13-20-15)10-8-16(9-11-17)6-4-5-7-16/h13,18H,3-12H2,1-2H3. The lowest BCUT2D eigenvalue weighted by molar-refractivity contribution is 0.109. The second-order valence-corrected chi connectivity index (χ2v) is 7.87. The fourth-order valence-electron chi connectivity index (χ4n) is 4.24. The molecule has 0 saturated heterocycles. The molecule has 2 nitrogen and oxygen atoms in total. The third-order valence-corrected chi connectivity index (χ3v) is 6.73. The van der Waals surface area contributed by atoms with Gasteiger partial charge in [-0.3, -0.25) is 0 Å². The predicted octanol–water partition coefficient (Wildman–Crippen LogP) is 4.78. The van der Waals surface area contributed by atoms with Gasteiger partial charge in [-0.1, -0.05) is 19.8 Å². The van der Waals surface area contributed by atoms with Crippen LogP contribution >= 0.6 is 11.3 Å². The Hall–Kier alpha value is -0.410. The van der Waals surface area contributed by atoms with E-state index in [1.165, 1.54) is 68.5 Å². The number of rotatable bonds is 4. The highest BCUT2D eigenvalue weighted by Crippen LogP contribution is 2.53. The molecule has 3 rings (SSSR count). The Morgan fingerprint density at radius 1 is 1.15 bits per heavy atom. The van der Waals surface area contributed by atoms with E-state index in [2.05, 4.69) is 24.5 Å². The Labute approximate surface area is 127 Å². The highest BCUT2D eigenvalue weighted by Gasteiger charge is 2.45. The van der Waals surface area contributed by atoms with Gasteiger partial charge in [0, 0.05) is 11.1 Å². The zero-order valence-electron chi connectivity index (χ0n) is 13.0. The number of aryl methyl sites for hydroxylation is 1. The van der Waals surface area contributed by atoms with E-state index in [0.717, 1.165) is 6.54 Å². The van der Waals surface area contributed by atoms with Crippen LogP contribution in [0.1, 0.15) is 75.4 Å². The van der Waals surface area contributed by atoms with E-state index in [9.17, 15) is 0 Å². The molecule has 1 aromatic heterocycles. The van der Waals surface area contributed by atoms with Crippen LogP contribution in [0.5, 0.6) is 0 Å². The molecular weight excluding hydrogens is 264 g/mol. The first-order chi connectivity index (χ1) is 9.68. The van der Waals surface area contributed by atoms with E-state index < -0.39 is 0 Å². The summed E-state index contributed by atoms with van der Waals surface area (Å²) < 4.78 is 0. The van der Waals surface area contributed by atoms with Gasteiger partial charge in [-0.25, -0.2) is 4.98 Å². The smallest absolute Gasteiger partial charge is 0.113 e. The summed E-state index contributed by atoms with van der Waals surface area (Å²) in [7, 11) is 0. The van der Waals surface area contributed by atoms with Gasteiger partial charge in [0.2, 0.25) is 0 Å². The Morgan fingerprint density at radius 2 is 1.85 bits per heavy atom. The second-order valence-electron chi connectivity index (χ2n) is 7.01. The summed E-state index contributed by atoms with van der Waals surface area (Å²) in [5.74, 6) is 0. The molecule has 0 aliphatic heterocycles. The molecule has 0 unspecified atom stereocenters. The Morgan fingerprint density at radius 3 is 2.40 bits per heavy atom. The number of nitrogens with zero attached hydrogens (tertiary/aromatic N) is 1. The van der Waals surface area contributed by atoms with Crippen LogP contribution in [0.15, 0.2) is 5.38 Å². The van der Waals surface area contributed by atoms with Crippen LogP contribution in [0.2, 0.25) is 0 Å². The van der Waals surface area contributed by atoms with Crippen molar-refractivity contribution in [1.29, 1.82) is 0 Å². The molecular formula is C17H28N2S. The molecule has 2 aliphatic carbocycles. The van der Waals surface area contributed by atoms with E-state index in [4.69, 9.17) is 4.98 Å². The van der Waals surface area contributed by atoms with Gasteiger partial charge >= 0.3 is 0 Å². The zero-order chi connectivity index (χ0) is 14.1. The van der Waals surface area contributed by atoms with Crippen molar-refractivity contribution in [1.82, 2.24) is 10.3 Å². The Bertz CT molecular complexity index is 436. The molecule has 112 valence electrons. The van der Waals surface area contributed by atoms with Crippen LogP contribution in [-0.4, -0.2) is 11.5 Å². The van der Waals surface area contributed by atoms with Crippen LogP contribution in [0.4, 0.5) is 0 Å². The second kappa shape index (κ2) is 5.76. The average Bonchev–Trinajstić information content (AvgIpc) is 3.09. The Balaban J connectivity index is 1.78. The number of thiazole rings is 1. The molecule has 2 aliphatic rings. The molecule has 2 fully saturated rings.